The number of benzene rings is 1. The molecule has 1 aromatic carbocycles. The summed E-state index contributed by atoms with van der Waals surface area (Å²) in [4.78, 5) is 27.8. The number of carbonyl (C=O) groups is 2. The standard InChI is InChI=1S/C15H17ClN4O2S/c1-10-9-23-13(20-10)8-19-15(22)18-7-6-17-14(21)11-4-2-3-5-12(11)16/h2-5,9H,6-8H2,1H3,(H,17,21)(H2,18,19,22). The highest BCUT2D eigenvalue weighted by molar-refractivity contribution is 7.09. The number of rotatable bonds is 6. The molecule has 2 rings (SSSR count). The zero-order valence-electron chi connectivity index (χ0n) is 12.6. The number of thiazole rings is 1. The van der Waals surface area contributed by atoms with Gasteiger partial charge < -0.3 is 16.0 Å². The summed E-state index contributed by atoms with van der Waals surface area (Å²) in [7, 11) is 0. The van der Waals surface area contributed by atoms with E-state index in [0.29, 0.717) is 30.2 Å². The van der Waals surface area contributed by atoms with Crippen LogP contribution in [0.1, 0.15) is 21.1 Å². The molecule has 0 saturated heterocycles. The maximum absolute atomic E-state index is 11.9. The van der Waals surface area contributed by atoms with Crippen molar-refractivity contribution in [3.05, 3.63) is 50.9 Å². The Hall–Kier alpha value is -2.12. The highest BCUT2D eigenvalue weighted by atomic mass is 35.5. The van der Waals surface area contributed by atoms with Gasteiger partial charge in [0, 0.05) is 24.2 Å². The predicted molar refractivity (Wildman–Crippen MR) is 90.9 cm³/mol. The molecule has 0 aliphatic heterocycles. The number of hydrogen-bond donors (Lipinski definition) is 3. The lowest BCUT2D eigenvalue weighted by atomic mass is 10.2. The summed E-state index contributed by atoms with van der Waals surface area (Å²) >= 11 is 7.44. The summed E-state index contributed by atoms with van der Waals surface area (Å²) < 4.78 is 0. The summed E-state index contributed by atoms with van der Waals surface area (Å²) in [5.41, 5.74) is 1.35. The second kappa shape index (κ2) is 8.50. The molecule has 0 fully saturated rings. The van der Waals surface area contributed by atoms with Crippen molar-refractivity contribution in [2.24, 2.45) is 0 Å². The van der Waals surface area contributed by atoms with Crippen LogP contribution < -0.4 is 16.0 Å². The molecular formula is C15H17ClN4O2S. The normalized spacial score (nSPS) is 10.2. The van der Waals surface area contributed by atoms with Crippen LogP contribution in [-0.4, -0.2) is 30.0 Å². The first-order chi connectivity index (χ1) is 11.1. The SMILES string of the molecule is Cc1csc(CNC(=O)NCCNC(=O)c2ccccc2Cl)n1. The van der Waals surface area contributed by atoms with Crippen LogP contribution in [-0.2, 0) is 6.54 Å². The zero-order valence-corrected chi connectivity index (χ0v) is 14.1. The van der Waals surface area contributed by atoms with E-state index < -0.39 is 0 Å². The van der Waals surface area contributed by atoms with E-state index in [4.69, 9.17) is 11.6 Å². The molecule has 0 radical (unpaired) electrons. The molecule has 0 bridgehead atoms. The van der Waals surface area contributed by atoms with E-state index in [1.54, 1.807) is 24.3 Å². The van der Waals surface area contributed by atoms with E-state index in [0.717, 1.165) is 10.7 Å². The van der Waals surface area contributed by atoms with E-state index in [-0.39, 0.29) is 11.9 Å². The van der Waals surface area contributed by atoms with Gasteiger partial charge in [0.25, 0.3) is 5.91 Å². The molecule has 6 nitrogen and oxygen atoms in total. The molecule has 3 amide bonds. The van der Waals surface area contributed by atoms with E-state index in [1.165, 1.54) is 11.3 Å². The Kier molecular flexibility index (Phi) is 6.37. The molecular weight excluding hydrogens is 336 g/mol. The lowest BCUT2D eigenvalue weighted by Crippen LogP contribution is -2.40. The van der Waals surface area contributed by atoms with Gasteiger partial charge in [0.1, 0.15) is 5.01 Å². The Morgan fingerprint density at radius 1 is 1.17 bits per heavy atom. The fraction of sp³-hybridized carbons (Fsp3) is 0.267. The van der Waals surface area contributed by atoms with Crippen LogP contribution >= 0.6 is 22.9 Å². The molecule has 0 spiro atoms. The van der Waals surface area contributed by atoms with Crippen LogP contribution in [0.4, 0.5) is 4.79 Å². The zero-order chi connectivity index (χ0) is 16.7. The van der Waals surface area contributed by atoms with Crippen molar-refractivity contribution in [2.45, 2.75) is 13.5 Å². The Bertz CT molecular complexity index is 690. The molecule has 0 aliphatic carbocycles. The maximum atomic E-state index is 11.9. The average molecular weight is 353 g/mol. The predicted octanol–water partition coefficient (Wildman–Crippen LogP) is 2.33. The fourth-order valence-corrected chi connectivity index (χ4v) is 2.73. The van der Waals surface area contributed by atoms with E-state index in [1.807, 2.05) is 12.3 Å². The third kappa shape index (κ3) is 5.54. The number of nitrogens with zero attached hydrogens (tertiary/aromatic N) is 1. The van der Waals surface area contributed by atoms with E-state index >= 15 is 0 Å². The van der Waals surface area contributed by atoms with Gasteiger partial charge in [-0.2, -0.15) is 0 Å². The monoisotopic (exact) mass is 352 g/mol. The number of amides is 3. The van der Waals surface area contributed by atoms with Crippen LogP contribution in [0, 0.1) is 6.92 Å². The third-order valence-electron chi connectivity index (χ3n) is 2.88. The number of urea groups is 1. The molecule has 2 aromatic rings. The first-order valence-electron chi connectivity index (χ1n) is 7.01. The lowest BCUT2D eigenvalue weighted by molar-refractivity contribution is 0.0954. The molecule has 23 heavy (non-hydrogen) atoms. The van der Waals surface area contributed by atoms with Crippen molar-refractivity contribution in [1.29, 1.82) is 0 Å². The number of carbonyl (C=O) groups excluding carboxylic acids is 2. The molecule has 0 unspecified atom stereocenters. The summed E-state index contributed by atoms with van der Waals surface area (Å²) in [6.45, 7) is 2.92. The number of aromatic nitrogens is 1. The molecule has 122 valence electrons. The molecule has 1 heterocycles. The van der Waals surface area contributed by atoms with Gasteiger partial charge in [-0.25, -0.2) is 9.78 Å². The Balaban J connectivity index is 1.64. The number of hydrogen-bond acceptors (Lipinski definition) is 4. The summed E-state index contributed by atoms with van der Waals surface area (Å²) in [5, 5.41) is 11.2. The average Bonchev–Trinajstić information content (AvgIpc) is 2.95. The summed E-state index contributed by atoms with van der Waals surface area (Å²) in [6.07, 6.45) is 0. The van der Waals surface area contributed by atoms with Gasteiger partial charge in [0.05, 0.1) is 17.1 Å². The van der Waals surface area contributed by atoms with Crippen LogP contribution in [0.5, 0.6) is 0 Å². The molecule has 0 aliphatic rings. The molecule has 1 aromatic heterocycles. The molecule has 0 atom stereocenters. The van der Waals surface area contributed by atoms with E-state index in [9.17, 15) is 9.59 Å². The highest BCUT2D eigenvalue weighted by Gasteiger charge is 2.08. The largest absolute Gasteiger partial charge is 0.350 e. The third-order valence-corrected chi connectivity index (χ3v) is 4.18. The second-order valence-corrected chi connectivity index (χ2v) is 6.08. The van der Waals surface area contributed by atoms with Crippen LogP contribution in [0.15, 0.2) is 29.6 Å². The lowest BCUT2D eigenvalue weighted by Gasteiger charge is -2.08. The van der Waals surface area contributed by atoms with Crippen LogP contribution in [0.25, 0.3) is 0 Å². The number of aryl methyl sites for hydroxylation is 1. The Morgan fingerprint density at radius 2 is 1.91 bits per heavy atom. The maximum Gasteiger partial charge on any atom is 0.315 e. The minimum Gasteiger partial charge on any atom is -0.350 e. The number of nitrogens with one attached hydrogen (secondary N) is 3. The second-order valence-electron chi connectivity index (χ2n) is 4.73. The van der Waals surface area contributed by atoms with Gasteiger partial charge in [-0.1, -0.05) is 23.7 Å². The van der Waals surface area contributed by atoms with Crippen molar-refractivity contribution in [2.75, 3.05) is 13.1 Å². The summed E-state index contributed by atoms with van der Waals surface area (Å²) in [5.74, 6) is -0.268. The van der Waals surface area contributed by atoms with Gasteiger partial charge in [-0.3, -0.25) is 4.79 Å². The Morgan fingerprint density at radius 3 is 2.61 bits per heavy atom. The van der Waals surface area contributed by atoms with Crippen LogP contribution in [0.3, 0.4) is 0 Å². The summed E-state index contributed by atoms with van der Waals surface area (Å²) in [6, 6.07) is 6.50. The van der Waals surface area contributed by atoms with Crippen molar-refractivity contribution in [3.8, 4) is 0 Å². The van der Waals surface area contributed by atoms with Gasteiger partial charge in [-0.15, -0.1) is 11.3 Å². The first-order valence-corrected chi connectivity index (χ1v) is 8.27. The van der Waals surface area contributed by atoms with Crippen molar-refractivity contribution >= 4 is 34.9 Å². The minimum atomic E-state index is -0.301. The van der Waals surface area contributed by atoms with Crippen molar-refractivity contribution < 1.29 is 9.59 Å². The Labute approximate surface area is 143 Å². The van der Waals surface area contributed by atoms with Crippen LogP contribution in [0.2, 0.25) is 5.02 Å². The van der Waals surface area contributed by atoms with Gasteiger partial charge in [-0.05, 0) is 19.1 Å². The van der Waals surface area contributed by atoms with Crippen molar-refractivity contribution in [1.82, 2.24) is 20.9 Å². The molecule has 8 heteroatoms. The smallest absolute Gasteiger partial charge is 0.315 e. The highest BCUT2D eigenvalue weighted by Crippen LogP contribution is 2.14. The topological polar surface area (TPSA) is 83.1 Å². The van der Waals surface area contributed by atoms with Gasteiger partial charge in [0.15, 0.2) is 0 Å². The molecule has 3 N–H and O–H groups in total. The van der Waals surface area contributed by atoms with Gasteiger partial charge in [0.2, 0.25) is 0 Å². The van der Waals surface area contributed by atoms with Gasteiger partial charge >= 0.3 is 6.03 Å². The minimum absolute atomic E-state index is 0.268. The number of halogens is 1. The first kappa shape index (κ1) is 17.2. The quantitative estimate of drug-likeness (QED) is 0.698. The van der Waals surface area contributed by atoms with Crippen molar-refractivity contribution in [3.63, 3.8) is 0 Å². The molecule has 0 saturated carbocycles. The fourth-order valence-electron chi connectivity index (χ4n) is 1.79. The van der Waals surface area contributed by atoms with E-state index in [2.05, 4.69) is 20.9 Å².